The highest BCUT2D eigenvalue weighted by atomic mass is 35.5. The van der Waals surface area contributed by atoms with Crippen LogP contribution in [0, 0.1) is 0 Å². The lowest BCUT2D eigenvalue weighted by Gasteiger charge is -2.48. The van der Waals surface area contributed by atoms with Crippen LogP contribution in [0.1, 0.15) is 66.1 Å². The molecular formula is C26H28ClN5O4. The van der Waals surface area contributed by atoms with E-state index in [0.29, 0.717) is 35.5 Å². The molecule has 1 aromatic carbocycles. The molecule has 188 valence electrons. The van der Waals surface area contributed by atoms with Gasteiger partial charge in [-0.3, -0.25) is 24.6 Å². The molecule has 0 spiro atoms. The van der Waals surface area contributed by atoms with Crippen molar-refractivity contribution >= 4 is 29.3 Å². The Morgan fingerprint density at radius 1 is 1.08 bits per heavy atom. The van der Waals surface area contributed by atoms with Gasteiger partial charge in [-0.2, -0.15) is 0 Å². The number of hydrogen-bond donors (Lipinski definition) is 1. The van der Waals surface area contributed by atoms with E-state index in [0.717, 1.165) is 49.4 Å². The van der Waals surface area contributed by atoms with Gasteiger partial charge in [-0.15, -0.1) is 0 Å². The summed E-state index contributed by atoms with van der Waals surface area (Å²) in [7, 11) is 0. The fourth-order valence-corrected chi connectivity index (χ4v) is 6.27. The van der Waals surface area contributed by atoms with Gasteiger partial charge in [-0.05, 0) is 49.4 Å². The summed E-state index contributed by atoms with van der Waals surface area (Å²) in [5, 5.41) is 2.97. The second kappa shape index (κ2) is 9.44. The maximum absolute atomic E-state index is 13.0. The molecule has 1 unspecified atom stereocenters. The van der Waals surface area contributed by atoms with Crippen LogP contribution in [0.4, 0.5) is 0 Å². The minimum Gasteiger partial charge on any atom is -0.489 e. The number of likely N-dealkylation sites (tertiary alicyclic amines) is 1. The molecule has 36 heavy (non-hydrogen) atoms. The summed E-state index contributed by atoms with van der Waals surface area (Å²) in [4.78, 5) is 49.2. The fourth-order valence-electron chi connectivity index (χ4n) is 6.01. The van der Waals surface area contributed by atoms with Crippen molar-refractivity contribution in [1.82, 2.24) is 25.1 Å². The number of fused-ring (bicyclic) bond motifs is 1. The Balaban J connectivity index is 1.12. The number of piperidine rings is 1. The van der Waals surface area contributed by atoms with Gasteiger partial charge < -0.3 is 9.64 Å². The number of amides is 3. The molecule has 3 fully saturated rings. The van der Waals surface area contributed by atoms with Crippen LogP contribution < -0.4 is 10.1 Å². The molecule has 1 saturated carbocycles. The van der Waals surface area contributed by atoms with Crippen LogP contribution in [0.15, 0.2) is 30.7 Å². The van der Waals surface area contributed by atoms with E-state index in [9.17, 15) is 14.4 Å². The second-order valence-electron chi connectivity index (χ2n) is 10.1. The summed E-state index contributed by atoms with van der Waals surface area (Å²) in [6.07, 6.45) is 8.25. The molecule has 0 bridgehead atoms. The van der Waals surface area contributed by atoms with Crippen molar-refractivity contribution in [2.75, 3.05) is 13.1 Å². The third kappa shape index (κ3) is 4.24. The Bertz CT molecular complexity index is 1220. The number of benzene rings is 1. The molecule has 10 heteroatoms. The first-order valence-corrected chi connectivity index (χ1v) is 13.0. The minimum atomic E-state index is -0.613. The predicted molar refractivity (Wildman–Crippen MR) is 131 cm³/mol. The maximum atomic E-state index is 13.0. The van der Waals surface area contributed by atoms with E-state index < -0.39 is 11.9 Å². The number of imide groups is 1. The van der Waals surface area contributed by atoms with E-state index in [1.54, 1.807) is 23.5 Å². The van der Waals surface area contributed by atoms with E-state index in [4.69, 9.17) is 16.3 Å². The lowest BCUT2D eigenvalue weighted by Crippen LogP contribution is -2.57. The van der Waals surface area contributed by atoms with Crippen molar-refractivity contribution in [2.45, 2.75) is 69.2 Å². The smallest absolute Gasteiger partial charge is 0.255 e. The summed E-state index contributed by atoms with van der Waals surface area (Å²) < 4.78 is 6.52. The second-order valence-corrected chi connectivity index (χ2v) is 10.5. The SMILES string of the molecule is O=C1CCC(N2Cc3cc(O[C@@H]4CCCC[C@H]4N4CC(c5ncncc5Cl)C4)ccc3C2=O)C(=O)N1. The highest BCUT2D eigenvalue weighted by molar-refractivity contribution is 6.31. The number of ether oxygens (including phenoxy) is 1. The summed E-state index contributed by atoms with van der Waals surface area (Å²) in [5.74, 6) is 0.209. The van der Waals surface area contributed by atoms with Crippen LogP contribution in [0.5, 0.6) is 5.75 Å². The number of rotatable bonds is 5. The number of nitrogens with zero attached hydrogens (tertiary/aromatic N) is 4. The molecule has 3 atom stereocenters. The monoisotopic (exact) mass is 509 g/mol. The van der Waals surface area contributed by atoms with Gasteiger partial charge in [-0.25, -0.2) is 9.97 Å². The topological polar surface area (TPSA) is 105 Å². The largest absolute Gasteiger partial charge is 0.489 e. The number of hydrogen-bond acceptors (Lipinski definition) is 7. The van der Waals surface area contributed by atoms with Gasteiger partial charge in [0.2, 0.25) is 11.8 Å². The predicted octanol–water partition coefficient (Wildman–Crippen LogP) is 2.68. The third-order valence-corrected chi connectivity index (χ3v) is 8.20. The Labute approximate surface area is 214 Å². The van der Waals surface area contributed by atoms with Gasteiger partial charge in [0.25, 0.3) is 5.91 Å². The van der Waals surface area contributed by atoms with Crippen molar-refractivity contribution in [3.05, 3.63) is 52.6 Å². The number of nitrogens with one attached hydrogen (secondary N) is 1. The minimum absolute atomic E-state index is 0.0713. The van der Waals surface area contributed by atoms with E-state index in [-0.39, 0.29) is 24.3 Å². The van der Waals surface area contributed by atoms with Gasteiger partial charge in [0, 0.05) is 49.8 Å². The molecule has 4 heterocycles. The molecule has 1 aliphatic carbocycles. The zero-order valence-electron chi connectivity index (χ0n) is 19.9. The lowest BCUT2D eigenvalue weighted by atomic mass is 9.85. The molecule has 4 aliphatic rings. The molecular weight excluding hydrogens is 482 g/mol. The summed E-state index contributed by atoms with van der Waals surface area (Å²) in [5.41, 5.74) is 2.37. The molecule has 3 amide bonds. The first-order chi connectivity index (χ1) is 17.5. The zero-order valence-corrected chi connectivity index (χ0v) is 20.6. The number of aromatic nitrogens is 2. The van der Waals surface area contributed by atoms with Crippen molar-refractivity contribution in [3.8, 4) is 5.75 Å². The van der Waals surface area contributed by atoms with Crippen molar-refractivity contribution in [2.24, 2.45) is 0 Å². The first-order valence-electron chi connectivity index (χ1n) is 12.6. The fraction of sp³-hybridized carbons (Fsp3) is 0.500. The summed E-state index contributed by atoms with van der Waals surface area (Å²) in [6, 6.07) is 5.30. The van der Waals surface area contributed by atoms with Crippen molar-refractivity contribution < 1.29 is 19.1 Å². The standard InChI is InChI=1S/C26H28ClN5O4/c27-19-10-28-14-29-24(19)16-11-31(12-16)20-3-1-2-4-22(20)36-17-5-6-18-15(9-17)13-32(26(18)35)21-7-8-23(33)30-25(21)34/h5-6,9-10,14,16,20-22H,1-4,7-8,11-13H2,(H,30,33,34)/t20-,21?,22-/m1/s1. The molecule has 1 aromatic heterocycles. The highest BCUT2D eigenvalue weighted by Crippen LogP contribution is 2.37. The Morgan fingerprint density at radius 2 is 1.92 bits per heavy atom. The average molecular weight is 510 g/mol. The molecule has 6 rings (SSSR count). The highest BCUT2D eigenvalue weighted by Gasteiger charge is 2.41. The van der Waals surface area contributed by atoms with Crippen LogP contribution in [0.2, 0.25) is 5.02 Å². The molecule has 2 aromatic rings. The molecule has 1 N–H and O–H groups in total. The van der Waals surface area contributed by atoms with E-state index in [1.165, 1.54) is 6.42 Å². The van der Waals surface area contributed by atoms with Crippen LogP contribution in [0.3, 0.4) is 0 Å². The van der Waals surface area contributed by atoms with Crippen LogP contribution in [0.25, 0.3) is 0 Å². The first kappa shape index (κ1) is 23.4. The maximum Gasteiger partial charge on any atom is 0.255 e. The van der Waals surface area contributed by atoms with E-state index >= 15 is 0 Å². The Morgan fingerprint density at radius 3 is 2.72 bits per heavy atom. The lowest BCUT2D eigenvalue weighted by molar-refractivity contribution is -0.136. The van der Waals surface area contributed by atoms with Crippen molar-refractivity contribution in [3.63, 3.8) is 0 Å². The summed E-state index contributed by atoms with van der Waals surface area (Å²) in [6.45, 7) is 2.15. The zero-order chi connectivity index (χ0) is 24.8. The van der Waals surface area contributed by atoms with E-state index in [1.807, 2.05) is 12.1 Å². The summed E-state index contributed by atoms with van der Waals surface area (Å²) >= 11 is 6.30. The van der Waals surface area contributed by atoms with Crippen LogP contribution >= 0.6 is 11.6 Å². The molecule has 0 radical (unpaired) electrons. The normalized spacial score (nSPS) is 27.0. The number of carbonyl (C=O) groups excluding carboxylic acids is 3. The Hall–Kier alpha value is -3.04. The molecule has 3 aliphatic heterocycles. The van der Waals surface area contributed by atoms with Gasteiger partial charge in [-0.1, -0.05) is 18.0 Å². The van der Waals surface area contributed by atoms with Gasteiger partial charge in [0.1, 0.15) is 24.2 Å². The van der Waals surface area contributed by atoms with Gasteiger partial charge in [0.15, 0.2) is 0 Å². The van der Waals surface area contributed by atoms with Gasteiger partial charge in [0.05, 0.1) is 10.7 Å². The number of carbonyl (C=O) groups is 3. The quantitative estimate of drug-likeness (QED) is 0.618. The molecule has 2 saturated heterocycles. The number of halogens is 1. The Kier molecular flexibility index (Phi) is 6.13. The van der Waals surface area contributed by atoms with Crippen LogP contribution in [-0.2, 0) is 16.1 Å². The average Bonchev–Trinajstić information content (AvgIpc) is 3.16. The van der Waals surface area contributed by atoms with Crippen LogP contribution in [-0.4, -0.2) is 68.8 Å². The molecule has 9 nitrogen and oxygen atoms in total. The van der Waals surface area contributed by atoms with E-state index in [2.05, 4.69) is 20.2 Å². The van der Waals surface area contributed by atoms with Gasteiger partial charge >= 0.3 is 0 Å². The third-order valence-electron chi connectivity index (χ3n) is 7.91. The van der Waals surface area contributed by atoms with Crippen molar-refractivity contribution in [1.29, 1.82) is 0 Å².